The maximum atomic E-state index is 13.3. The Morgan fingerprint density at radius 3 is 2.19 bits per heavy atom. The van der Waals surface area contributed by atoms with Gasteiger partial charge in [0.1, 0.15) is 11.4 Å². The summed E-state index contributed by atoms with van der Waals surface area (Å²) in [6.45, 7) is 1.41. The summed E-state index contributed by atoms with van der Waals surface area (Å²) >= 11 is 1.39. The van der Waals surface area contributed by atoms with E-state index in [4.69, 9.17) is 4.74 Å². The lowest BCUT2D eigenvalue weighted by Gasteiger charge is -2.16. The lowest BCUT2D eigenvalue weighted by molar-refractivity contribution is -0.120. The molecule has 2 aromatic carbocycles. The number of hydrogen-bond donors (Lipinski definition) is 2. The van der Waals surface area contributed by atoms with Gasteiger partial charge in [-0.2, -0.15) is 0 Å². The van der Waals surface area contributed by atoms with Crippen LogP contribution in [0.4, 0.5) is 17.1 Å². The van der Waals surface area contributed by atoms with Gasteiger partial charge in [-0.1, -0.05) is 6.07 Å². The number of carbonyl (C=O) groups is 3. The van der Waals surface area contributed by atoms with Crippen LogP contribution in [-0.2, 0) is 14.4 Å². The molecule has 156 valence electrons. The Morgan fingerprint density at radius 1 is 0.935 bits per heavy atom. The largest absolute Gasteiger partial charge is 0.497 e. The van der Waals surface area contributed by atoms with Crippen molar-refractivity contribution >= 4 is 51.7 Å². The highest BCUT2D eigenvalue weighted by atomic mass is 32.1. The molecule has 7 nitrogen and oxygen atoms in total. The average molecular weight is 433 g/mol. The van der Waals surface area contributed by atoms with Crippen LogP contribution in [-0.4, -0.2) is 24.8 Å². The van der Waals surface area contributed by atoms with Gasteiger partial charge < -0.3 is 15.4 Å². The van der Waals surface area contributed by atoms with Crippen molar-refractivity contribution in [3.8, 4) is 5.75 Å². The molecule has 3 amide bonds. The number of nitrogens with one attached hydrogen (secondary N) is 2. The topological polar surface area (TPSA) is 87.7 Å². The van der Waals surface area contributed by atoms with Crippen molar-refractivity contribution in [2.75, 3.05) is 22.6 Å². The van der Waals surface area contributed by atoms with E-state index in [9.17, 15) is 14.4 Å². The third-order valence-corrected chi connectivity index (χ3v) is 5.54. The molecule has 0 unspecified atom stereocenters. The fourth-order valence-electron chi connectivity index (χ4n) is 3.25. The van der Waals surface area contributed by atoms with E-state index in [0.29, 0.717) is 33.3 Å². The van der Waals surface area contributed by atoms with Crippen molar-refractivity contribution in [2.45, 2.75) is 6.92 Å². The zero-order chi connectivity index (χ0) is 22.0. The highest BCUT2D eigenvalue weighted by Crippen LogP contribution is 2.36. The number of thiophene rings is 1. The zero-order valence-electron chi connectivity index (χ0n) is 16.8. The van der Waals surface area contributed by atoms with E-state index in [2.05, 4.69) is 10.6 Å². The number of nitrogens with zero attached hydrogens (tertiary/aromatic N) is 1. The molecule has 2 N–H and O–H groups in total. The summed E-state index contributed by atoms with van der Waals surface area (Å²) < 4.78 is 5.17. The molecule has 0 saturated carbocycles. The number of methoxy groups -OCH3 is 1. The molecule has 0 spiro atoms. The van der Waals surface area contributed by atoms with Gasteiger partial charge in [-0.25, -0.2) is 4.90 Å². The maximum absolute atomic E-state index is 13.3. The van der Waals surface area contributed by atoms with E-state index in [0.717, 1.165) is 4.90 Å². The van der Waals surface area contributed by atoms with Gasteiger partial charge in [0, 0.05) is 23.2 Å². The molecule has 0 atom stereocenters. The van der Waals surface area contributed by atoms with Crippen LogP contribution in [0.1, 0.15) is 11.8 Å². The minimum absolute atomic E-state index is 0.200. The molecule has 0 radical (unpaired) electrons. The molecule has 31 heavy (non-hydrogen) atoms. The Hall–Kier alpha value is -3.91. The summed E-state index contributed by atoms with van der Waals surface area (Å²) in [5.41, 5.74) is 2.20. The van der Waals surface area contributed by atoms with Crippen molar-refractivity contribution in [3.05, 3.63) is 76.6 Å². The van der Waals surface area contributed by atoms with Crippen LogP contribution in [0.2, 0.25) is 0 Å². The standard InChI is InChI=1S/C23H19N3O4S/c1-14(27)24-15-5-9-17(10-6-15)26-22(28)20(19-4-3-13-31-19)21(23(26)29)25-16-7-11-18(30-2)12-8-16/h3-13,25H,1-2H3,(H,24,27). The first kappa shape index (κ1) is 20.4. The summed E-state index contributed by atoms with van der Waals surface area (Å²) in [7, 11) is 1.58. The molecular formula is C23H19N3O4S. The third-order valence-electron chi connectivity index (χ3n) is 4.66. The van der Waals surface area contributed by atoms with E-state index in [1.165, 1.54) is 18.3 Å². The summed E-state index contributed by atoms with van der Waals surface area (Å²) in [5, 5.41) is 7.64. The summed E-state index contributed by atoms with van der Waals surface area (Å²) in [4.78, 5) is 39.7. The molecule has 0 saturated heterocycles. The van der Waals surface area contributed by atoms with Crippen LogP contribution in [0.15, 0.2) is 71.7 Å². The summed E-state index contributed by atoms with van der Waals surface area (Å²) in [6, 6.07) is 17.3. The van der Waals surface area contributed by atoms with Gasteiger partial charge >= 0.3 is 0 Å². The lowest BCUT2D eigenvalue weighted by atomic mass is 10.2. The van der Waals surface area contributed by atoms with Crippen LogP contribution < -0.4 is 20.3 Å². The lowest BCUT2D eigenvalue weighted by Crippen LogP contribution is -2.32. The van der Waals surface area contributed by atoms with Crippen LogP contribution >= 0.6 is 11.3 Å². The van der Waals surface area contributed by atoms with Gasteiger partial charge in [-0.15, -0.1) is 11.3 Å². The van der Waals surface area contributed by atoms with Gasteiger partial charge in [0.2, 0.25) is 5.91 Å². The summed E-state index contributed by atoms with van der Waals surface area (Å²) in [5.74, 6) is -0.367. The van der Waals surface area contributed by atoms with Crippen molar-refractivity contribution in [2.24, 2.45) is 0 Å². The molecule has 1 aromatic heterocycles. The maximum Gasteiger partial charge on any atom is 0.282 e. The quantitative estimate of drug-likeness (QED) is 0.571. The Morgan fingerprint density at radius 2 is 1.61 bits per heavy atom. The minimum atomic E-state index is -0.448. The number of benzene rings is 2. The Kier molecular flexibility index (Phi) is 5.55. The summed E-state index contributed by atoms with van der Waals surface area (Å²) in [6.07, 6.45) is 0. The fraction of sp³-hybridized carbons (Fsp3) is 0.0870. The van der Waals surface area contributed by atoms with Crippen LogP contribution in [0.25, 0.3) is 5.57 Å². The Labute approximate surface area is 183 Å². The van der Waals surface area contributed by atoms with Gasteiger partial charge in [-0.05, 0) is 60.0 Å². The molecule has 4 rings (SSSR count). The number of anilines is 3. The van der Waals surface area contributed by atoms with E-state index < -0.39 is 11.8 Å². The number of rotatable bonds is 6. The molecule has 1 aliphatic heterocycles. The fourth-order valence-corrected chi connectivity index (χ4v) is 4.01. The minimum Gasteiger partial charge on any atom is -0.497 e. The smallest absolute Gasteiger partial charge is 0.282 e. The van der Waals surface area contributed by atoms with Crippen LogP contribution in [0.3, 0.4) is 0 Å². The number of ether oxygens (including phenoxy) is 1. The Balaban J connectivity index is 1.69. The third kappa shape index (κ3) is 4.06. The molecule has 0 fully saturated rings. The van der Waals surface area contributed by atoms with E-state index >= 15 is 0 Å². The first-order valence-corrected chi connectivity index (χ1v) is 10.3. The normalized spacial score (nSPS) is 13.5. The molecule has 3 aromatic rings. The SMILES string of the molecule is COc1ccc(NC2=C(c3cccs3)C(=O)N(c3ccc(NC(C)=O)cc3)C2=O)cc1. The second-order valence-electron chi connectivity index (χ2n) is 6.75. The van der Waals surface area contributed by atoms with Gasteiger partial charge in [0.05, 0.1) is 18.4 Å². The number of imide groups is 1. The molecular weight excluding hydrogens is 414 g/mol. The van der Waals surface area contributed by atoms with Crippen molar-refractivity contribution in [3.63, 3.8) is 0 Å². The van der Waals surface area contributed by atoms with Crippen molar-refractivity contribution < 1.29 is 19.1 Å². The van der Waals surface area contributed by atoms with Crippen LogP contribution in [0.5, 0.6) is 5.75 Å². The second kappa shape index (κ2) is 8.45. The predicted octanol–water partition coefficient (Wildman–Crippen LogP) is 4.11. The highest BCUT2D eigenvalue weighted by Gasteiger charge is 2.40. The molecule has 2 heterocycles. The van der Waals surface area contributed by atoms with E-state index in [-0.39, 0.29) is 11.6 Å². The average Bonchev–Trinajstić information content (AvgIpc) is 3.36. The first-order valence-electron chi connectivity index (χ1n) is 9.43. The molecule has 0 bridgehead atoms. The molecule has 0 aliphatic carbocycles. The number of carbonyl (C=O) groups excluding carboxylic acids is 3. The van der Waals surface area contributed by atoms with Crippen LogP contribution in [0, 0.1) is 0 Å². The number of hydrogen-bond acceptors (Lipinski definition) is 6. The van der Waals surface area contributed by atoms with Gasteiger partial charge in [-0.3, -0.25) is 14.4 Å². The zero-order valence-corrected chi connectivity index (χ0v) is 17.7. The van der Waals surface area contributed by atoms with Gasteiger partial charge in [0.25, 0.3) is 11.8 Å². The number of amides is 3. The molecule has 1 aliphatic rings. The molecule has 8 heteroatoms. The van der Waals surface area contributed by atoms with Gasteiger partial charge in [0.15, 0.2) is 0 Å². The predicted molar refractivity (Wildman–Crippen MR) is 121 cm³/mol. The Bertz CT molecular complexity index is 1170. The highest BCUT2D eigenvalue weighted by molar-refractivity contribution is 7.11. The second-order valence-corrected chi connectivity index (χ2v) is 7.70. The first-order chi connectivity index (χ1) is 15.0. The van der Waals surface area contributed by atoms with E-state index in [1.807, 2.05) is 17.5 Å². The van der Waals surface area contributed by atoms with Crippen molar-refractivity contribution in [1.82, 2.24) is 0 Å². The van der Waals surface area contributed by atoms with E-state index in [1.54, 1.807) is 55.6 Å². The van der Waals surface area contributed by atoms with Crippen molar-refractivity contribution in [1.29, 1.82) is 0 Å². The monoisotopic (exact) mass is 433 g/mol.